The molecule has 5 nitrogen and oxygen atoms in total. The van der Waals surface area contributed by atoms with Gasteiger partial charge in [0.2, 0.25) is 5.91 Å². The van der Waals surface area contributed by atoms with Crippen molar-refractivity contribution in [3.05, 3.63) is 0 Å². The minimum absolute atomic E-state index is 0.115. The van der Waals surface area contributed by atoms with Gasteiger partial charge >= 0.3 is 5.97 Å². The number of likely N-dealkylation sites (tertiary alicyclic amines) is 1. The Hall–Kier alpha value is -1.10. The Labute approximate surface area is 82.6 Å². The third-order valence-electron chi connectivity index (χ3n) is 2.32. The molecule has 1 saturated heterocycles. The maximum Gasteiger partial charge on any atom is 0.329 e. The number of carboxylic acid groups (broad SMARTS) is 1. The lowest BCUT2D eigenvalue weighted by atomic mass is 10.2. The van der Waals surface area contributed by atoms with Crippen LogP contribution in [0.5, 0.6) is 0 Å². The molecule has 80 valence electrons. The Balaban J connectivity index is 2.24. The second kappa shape index (κ2) is 4.95. The number of hydrogen-bond donors (Lipinski definition) is 1. The predicted octanol–water partition coefficient (Wildman–Crippen LogP) is 0.0985. The van der Waals surface area contributed by atoms with Crippen LogP contribution in [0.2, 0.25) is 0 Å². The Bertz CT molecular complexity index is 229. The summed E-state index contributed by atoms with van der Waals surface area (Å²) in [6.07, 6.45) is 2.04. The van der Waals surface area contributed by atoms with E-state index in [2.05, 4.69) is 0 Å². The molecule has 1 amide bonds. The third kappa shape index (κ3) is 2.99. The van der Waals surface area contributed by atoms with Crippen molar-refractivity contribution in [2.45, 2.75) is 25.8 Å². The fourth-order valence-electron chi connectivity index (χ4n) is 1.61. The summed E-state index contributed by atoms with van der Waals surface area (Å²) in [7, 11) is 0. The molecule has 0 aliphatic carbocycles. The summed E-state index contributed by atoms with van der Waals surface area (Å²) < 4.78 is 4.73. The van der Waals surface area contributed by atoms with Gasteiger partial charge in [-0.3, -0.25) is 4.79 Å². The molecule has 0 spiro atoms. The first kappa shape index (κ1) is 11.0. The highest BCUT2D eigenvalue weighted by molar-refractivity contribution is 5.78. The summed E-state index contributed by atoms with van der Waals surface area (Å²) in [5.74, 6) is -1.16. The maximum absolute atomic E-state index is 11.4. The molecule has 0 saturated carbocycles. The summed E-state index contributed by atoms with van der Waals surface area (Å²) in [4.78, 5) is 23.3. The number of amides is 1. The van der Waals surface area contributed by atoms with Crippen molar-refractivity contribution in [3.63, 3.8) is 0 Å². The Morgan fingerprint density at radius 3 is 2.71 bits per heavy atom. The molecule has 0 aromatic carbocycles. The zero-order valence-corrected chi connectivity index (χ0v) is 8.23. The van der Waals surface area contributed by atoms with Crippen molar-refractivity contribution < 1.29 is 19.4 Å². The molecule has 1 aliphatic rings. The average molecular weight is 201 g/mol. The molecular formula is C9H15NO4. The van der Waals surface area contributed by atoms with Gasteiger partial charge in [0.25, 0.3) is 0 Å². The lowest BCUT2D eigenvalue weighted by Crippen LogP contribution is -2.36. The molecular weight excluding hydrogens is 186 g/mol. The molecule has 5 heteroatoms. The van der Waals surface area contributed by atoms with E-state index in [1.165, 1.54) is 0 Å². The van der Waals surface area contributed by atoms with E-state index in [9.17, 15) is 9.59 Å². The third-order valence-corrected chi connectivity index (χ3v) is 2.32. The van der Waals surface area contributed by atoms with E-state index < -0.39 is 12.6 Å². The van der Waals surface area contributed by atoms with Gasteiger partial charge in [-0.2, -0.15) is 0 Å². The van der Waals surface area contributed by atoms with Gasteiger partial charge in [-0.05, 0) is 19.8 Å². The molecule has 14 heavy (non-hydrogen) atoms. The summed E-state index contributed by atoms with van der Waals surface area (Å²) in [6, 6.07) is 0.260. The van der Waals surface area contributed by atoms with Crippen LogP contribution in [0.1, 0.15) is 19.8 Å². The van der Waals surface area contributed by atoms with Crippen LogP contribution in [0.3, 0.4) is 0 Å². The van der Waals surface area contributed by atoms with E-state index in [1.807, 2.05) is 6.92 Å². The second-order valence-corrected chi connectivity index (χ2v) is 3.46. The van der Waals surface area contributed by atoms with Crippen molar-refractivity contribution in [2.75, 3.05) is 19.8 Å². The van der Waals surface area contributed by atoms with E-state index in [4.69, 9.17) is 9.84 Å². The van der Waals surface area contributed by atoms with Gasteiger partial charge in [0.1, 0.15) is 13.2 Å². The second-order valence-electron chi connectivity index (χ2n) is 3.46. The molecule has 1 heterocycles. The van der Waals surface area contributed by atoms with Gasteiger partial charge < -0.3 is 14.7 Å². The zero-order chi connectivity index (χ0) is 10.6. The van der Waals surface area contributed by atoms with E-state index >= 15 is 0 Å². The van der Waals surface area contributed by atoms with Crippen molar-refractivity contribution in [2.24, 2.45) is 0 Å². The molecule has 0 bridgehead atoms. The quantitative estimate of drug-likeness (QED) is 0.700. The van der Waals surface area contributed by atoms with Gasteiger partial charge in [-0.1, -0.05) is 0 Å². The molecule has 0 aromatic rings. The normalized spacial score (nSPS) is 21.2. The highest BCUT2D eigenvalue weighted by atomic mass is 16.5. The topological polar surface area (TPSA) is 66.8 Å². The van der Waals surface area contributed by atoms with Crippen LogP contribution in [0, 0.1) is 0 Å². The average Bonchev–Trinajstić information content (AvgIpc) is 2.50. The maximum atomic E-state index is 11.4. The monoisotopic (exact) mass is 201 g/mol. The first-order chi connectivity index (χ1) is 6.61. The summed E-state index contributed by atoms with van der Waals surface area (Å²) in [5.41, 5.74) is 0. The van der Waals surface area contributed by atoms with Crippen LogP contribution >= 0.6 is 0 Å². The summed E-state index contributed by atoms with van der Waals surface area (Å²) in [6.45, 7) is 2.21. The Kier molecular flexibility index (Phi) is 3.88. The largest absolute Gasteiger partial charge is 0.480 e. The Morgan fingerprint density at radius 1 is 1.50 bits per heavy atom. The smallest absolute Gasteiger partial charge is 0.329 e. The van der Waals surface area contributed by atoms with Crippen molar-refractivity contribution in [3.8, 4) is 0 Å². The van der Waals surface area contributed by atoms with Crippen molar-refractivity contribution >= 4 is 11.9 Å². The highest BCUT2D eigenvalue weighted by Gasteiger charge is 2.24. The van der Waals surface area contributed by atoms with Crippen molar-refractivity contribution in [1.82, 2.24) is 4.90 Å². The lowest BCUT2D eigenvalue weighted by molar-refractivity contribution is -0.146. The number of aliphatic carboxylic acids is 1. The standard InChI is InChI=1S/C9H15NO4/c1-7-3-2-4-10(7)8(11)5-14-6-9(12)13/h7H,2-6H2,1H3,(H,12,13). The molecule has 1 rings (SSSR count). The first-order valence-corrected chi connectivity index (χ1v) is 4.70. The molecule has 1 aliphatic heterocycles. The van der Waals surface area contributed by atoms with Gasteiger partial charge in [-0.25, -0.2) is 4.79 Å². The van der Waals surface area contributed by atoms with Gasteiger partial charge in [0.15, 0.2) is 0 Å². The number of nitrogens with zero attached hydrogens (tertiary/aromatic N) is 1. The zero-order valence-electron chi connectivity index (χ0n) is 8.23. The van der Waals surface area contributed by atoms with Crippen LogP contribution in [-0.4, -0.2) is 47.7 Å². The van der Waals surface area contributed by atoms with Crippen molar-refractivity contribution in [1.29, 1.82) is 0 Å². The first-order valence-electron chi connectivity index (χ1n) is 4.70. The number of carbonyl (C=O) groups excluding carboxylic acids is 1. The van der Waals surface area contributed by atoms with E-state index in [1.54, 1.807) is 4.90 Å². The van der Waals surface area contributed by atoms with E-state index in [-0.39, 0.29) is 18.6 Å². The summed E-state index contributed by atoms with van der Waals surface area (Å²) in [5, 5.41) is 8.29. The fraction of sp³-hybridized carbons (Fsp3) is 0.778. The van der Waals surface area contributed by atoms with Crippen LogP contribution < -0.4 is 0 Å². The summed E-state index contributed by atoms with van der Waals surface area (Å²) >= 11 is 0. The minimum atomic E-state index is -1.05. The molecule has 1 N–H and O–H groups in total. The highest BCUT2D eigenvalue weighted by Crippen LogP contribution is 2.16. The van der Waals surface area contributed by atoms with E-state index in [0.29, 0.717) is 0 Å². The SMILES string of the molecule is CC1CCCN1C(=O)COCC(=O)O. The molecule has 1 atom stereocenters. The van der Waals surface area contributed by atoms with Gasteiger partial charge in [-0.15, -0.1) is 0 Å². The number of rotatable bonds is 4. The van der Waals surface area contributed by atoms with Crippen LogP contribution in [-0.2, 0) is 14.3 Å². The van der Waals surface area contributed by atoms with Crippen LogP contribution in [0.4, 0.5) is 0 Å². The lowest BCUT2D eigenvalue weighted by Gasteiger charge is -2.20. The van der Waals surface area contributed by atoms with E-state index in [0.717, 1.165) is 19.4 Å². The van der Waals surface area contributed by atoms with Crippen LogP contribution in [0.25, 0.3) is 0 Å². The molecule has 0 aromatic heterocycles. The number of hydrogen-bond acceptors (Lipinski definition) is 3. The van der Waals surface area contributed by atoms with Gasteiger partial charge in [0.05, 0.1) is 0 Å². The molecule has 0 radical (unpaired) electrons. The molecule has 1 unspecified atom stereocenters. The van der Waals surface area contributed by atoms with Crippen LogP contribution in [0.15, 0.2) is 0 Å². The number of ether oxygens (including phenoxy) is 1. The number of carboxylic acids is 1. The molecule has 1 fully saturated rings. The Morgan fingerprint density at radius 2 is 2.21 bits per heavy atom. The minimum Gasteiger partial charge on any atom is -0.480 e. The predicted molar refractivity (Wildman–Crippen MR) is 48.9 cm³/mol. The fourth-order valence-corrected chi connectivity index (χ4v) is 1.61. The number of carbonyl (C=O) groups is 2. The van der Waals surface area contributed by atoms with Gasteiger partial charge in [0, 0.05) is 12.6 Å².